The van der Waals surface area contributed by atoms with Crippen molar-refractivity contribution in [2.75, 3.05) is 44.7 Å². The Morgan fingerprint density at radius 2 is 0.926 bits per heavy atom. The van der Waals surface area contributed by atoms with Crippen LogP contribution >= 0.6 is 163 Å². The van der Waals surface area contributed by atoms with E-state index in [1.54, 1.807) is 101 Å². The Morgan fingerprint density at radius 3 is 1.43 bits per heavy atom. The summed E-state index contributed by atoms with van der Waals surface area (Å²) < 4.78 is 41.8. The van der Waals surface area contributed by atoms with Crippen LogP contribution in [0.3, 0.4) is 0 Å². The number of methoxy groups -OCH3 is 1. The molecule has 0 bridgehead atoms. The number of aromatic nitrogens is 12. The van der Waals surface area contributed by atoms with Crippen LogP contribution in [0.15, 0.2) is 194 Å². The zero-order valence-corrected chi connectivity index (χ0v) is 78.2. The normalized spacial score (nSPS) is 12.0. The lowest BCUT2D eigenvalue weighted by molar-refractivity contribution is -0.384. The number of aryl methyl sites for hydroxylation is 6. The highest BCUT2D eigenvalue weighted by molar-refractivity contribution is 7.99. The molecule has 7 heterocycles. The molecular weight excluding hydrogens is 1900 g/mol. The number of nitro benzene ring substituents is 1. The summed E-state index contributed by atoms with van der Waals surface area (Å²) in [6.07, 6.45) is 0. The number of piperazine rings is 1. The van der Waals surface area contributed by atoms with Crippen molar-refractivity contribution >= 4 is 195 Å². The number of benzene rings is 6. The Kier molecular flexibility index (Phi) is 39.0. The summed E-state index contributed by atoms with van der Waals surface area (Å²) in [4.78, 5) is 114. The molecule has 1 atom stereocenters. The van der Waals surface area contributed by atoms with Crippen LogP contribution in [-0.4, -0.2) is 127 Å². The SMILES string of the molecule is CCN1CCN(c2cccc(Cl)c2CSc2nc(C)cc(=O)[nH]2)CC1.COc1cc(C)nc(SCc2c(Cl)ccc(Cl)c2Cl)n1.Cc1cc(=O)[nH]c(S(=O)(=O)Cc2c(Cl)cccc2Cl)n1.Cc1cc(=O)[nH]c(S(=O)Cc2c(Cl)cccc2Cl)n1.Cc1cc(=O)[nH]c(SCc2cc(O)ccc2Cl)n1.Cc1cc(=O)[nH]c(SCc2ccc([N+](=O)[O-])cc2Cl)n1. The molecule has 1 fully saturated rings. The molecular formula is C79H75Cl10N15O12S6. The van der Waals surface area contributed by atoms with Gasteiger partial charge in [0.2, 0.25) is 20.9 Å². The number of ether oxygens (including phenoxy) is 1. The fourth-order valence-corrected chi connectivity index (χ4v) is 20.1. The molecule has 12 aromatic rings. The lowest BCUT2D eigenvalue weighted by Crippen LogP contribution is -2.46. The molecule has 0 aliphatic carbocycles. The Bertz CT molecular complexity index is 6150. The van der Waals surface area contributed by atoms with Gasteiger partial charge in [0.25, 0.3) is 33.5 Å². The molecule has 1 aliphatic rings. The predicted octanol–water partition coefficient (Wildman–Crippen LogP) is 18.9. The summed E-state index contributed by atoms with van der Waals surface area (Å²) in [7, 11) is -3.78. The maximum absolute atomic E-state index is 12.3. The number of hydrogen-bond acceptors (Lipinski definition) is 25. The number of hydrogen-bond donors (Lipinski definition) is 6. The Morgan fingerprint density at radius 1 is 0.475 bits per heavy atom. The van der Waals surface area contributed by atoms with Crippen LogP contribution < -0.4 is 37.4 Å². The number of halogens is 10. The topological polar surface area (TPSA) is 385 Å². The molecule has 0 radical (unpaired) electrons. The average Bonchev–Trinajstić information content (AvgIpc) is 0.804. The molecule has 122 heavy (non-hydrogen) atoms. The summed E-state index contributed by atoms with van der Waals surface area (Å²) >= 11 is 66.3. The zero-order chi connectivity index (χ0) is 89.2. The summed E-state index contributed by atoms with van der Waals surface area (Å²) in [5.74, 6) is 2.57. The monoisotopic (exact) mass is 1970 g/mol. The molecule has 1 saturated heterocycles. The number of H-pyrrole nitrogens is 5. The highest BCUT2D eigenvalue weighted by atomic mass is 35.5. The second-order valence-corrected chi connectivity index (χ2v) is 37.0. The van der Waals surface area contributed by atoms with E-state index in [-0.39, 0.29) is 60.2 Å². The number of nitrogens with zero attached hydrogens (tertiary/aromatic N) is 10. The Hall–Kier alpha value is -8.04. The van der Waals surface area contributed by atoms with E-state index in [2.05, 4.69) is 82.6 Å². The van der Waals surface area contributed by atoms with Crippen LogP contribution in [0, 0.1) is 51.7 Å². The molecule has 13 rings (SSSR count). The summed E-state index contributed by atoms with van der Waals surface area (Å²) in [5, 5.41) is 26.6. The summed E-state index contributed by atoms with van der Waals surface area (Å²) in [6, 6.07) is 37.0. The van der Waals surface area contributed by atoms with Gasteiger partial charge in [-0.2, -0.15) is 4.98 Å². The molecule has 0 amide bonds. The standard InChI is InChI=1S/C18H23ClN4OS.C13H11Cl3N2OS.C12H10Cl2N2O3S.C12H10Cl2N2O2S.C12H10ClN3O3S.C12H11ClN2O2S/c1-3-22-7-9-23(10-8-22)16-6-4-5-15(19)14(16)12-25-18-20-13(2)11-17(24)21-18;1-7-5-11(19-2)18-13(17-7)20-6-8-9(14)3-4-10(15)12(8)16;1-7-5-11(17)16-12(15-7)20(18,19)6-8-9(13)3-2-4-10(8)14;1-7-5-11(17)16-12(15-7)19(18)6-8-9(13)3-2-4-10(8)14;1-7-4-11(17)15-12(14-7)20-6-8-2-3-9(16(18)19)5-10(8)13;1-7-4-11(17)15-12(14-7)18-6-8-5-9(16)2-3-10(8)13/h4-6,11H,3,7-10,12H2,1-2H3,(H,20,21,24);3-5H,6H2,1-2H3;2-5H,6H2,1H3,(H,15,16,17);2-5H,6H2,1H3,(H,15,16,17);2-5H,6H2,1H3,(H,14,15,17);2-5,16H,6H2,1H3,(H,14,15,17). The van der Waals surface area contributed by atoms with Crippen molar-refractivity contribution < 1.29 is 27.4 Å². The highest BCUT2D eigenvalue weighted by Crippen LogP contribution is 2.38. The van der Waals surface area contributed by atoms with E-state index < -0.39 is 42.0 Å². The number of phenols is 1. The molecule has 6 aromatic carbocycles. The number of sulfone groups is 1. The quantitative estimate of drug-likeness (QED) is 0.0121. The number of phenolic OH excluding ortho intramolecular Hbond substituents is 1. The first-order valence-corrected chi connectivity index (χ1v) is 46.6. The smallest absolute Gasteiger partial charge is 0.270 e. The molecule has 43 heteroatoms. The van der Waals surface area contributed by atoms with Gasteiger partial charge in [-0.1, -0.05) is 188 Å². The zero-order valence-electron chi connectivity index (χ0n) is 65.7. The summed E-state index contributed by atoms with van der Waals surface area (Å²) in [6.45, 7) is 17.9. The fraction of sp³-hybridized carbons (Fsp3) is 0.241. The van der Waals surface area contributed by atoms with Crippen molar-refractivity contribution in [3.63, 3.8) is 0 Å². The molecule has 6 aromatic heterocycles. The van der Waals surface area contributed by atoms with Crippen molar-refractivity contribution in [2.45, 2.75) is 114 Å². The first-order valence-electron chi connectivity index (χ1n) is 35.9. The van der Waals surface area contributed by atoms with Crippen molar-refractivity contribution in [3.05, 3.63) is 319 Å². The van der Waals surface area contributed by atoms with Crippen molar-refractivity contribution in [1.29, 1.82) is 0 Å². The third kappa shape index (κ3) is 31.3. The fourth-order valence-electron chi connectivity index (χ4n) is 10.7. The van der Waals surface area contributed by atoms with Crippen LogP contribution in [0.4, 0.5) is 11.4 Å². The maximum atomic E-state index is 12.3. The van der Waals surface area contributed by atoms with Crippen molar-refractivity contribution in [2.24, 2.45) is 0 Å². The minimum Gasteiger partial charge on any atom is -0.508 e. The van der Waals surface area contributed by atoms with Gasteiger partial charge in [-0.05, 0) is 132 Å². The van der Waals surface area contributed by atoms with E-state index in [0.29, 0.717) is 113 Å². The molecule has 644 valence electrons. The van der Waals surface area contributed by atoms with Gasteiger partial charge >= 0.3 is 0 Å². The van der Waals surface area contributed by atoms with E-state index in [1.165, 1.54) is 108 Å². The minimum atomic E-state index is -3.84. The number of nitrogens with one attached hydrogen (secondary N) is 5. The number of rotatable bonds is 22. The number of nitro groups is 1. The second kappa shape index (κ2) is 47.9. The van der Waals surface area contributed by atoms with E-state index in [4.69, 9.17) is 121 Å². The molecule has 0 spiro atoms. The second-order valence-electron chi connectivity index (χ2n) is 25.9. The van der Waals surface area contributed by atoms with Crippen LogP contribution in [0.5, 0.6) is 11.6 Å². The van der Waals surface area contributed by atoms with E-state index >= 15 is 0 Å². The van der Waals surface area contributed by atoms with Gasteiger partial charge in [-0.25, -0.2) is 38.3 Å². The van der Waals surface area contributed by atoms with Gasteiger partial charge in [-0.3, -0.25) is 48.3 Å². The largest absolute Gasteiger partial charge is 0.508 e. The molecule has 27 nitrogen and oxygen atoms in total. The number of aromatic amines is 5. The Balaban J connectivity index is 0.000000182. The molecule has 0 saturated carbocycles. The predicted molar refractivity (Wildman–Crippen MR) is 492 cm³/mol. The van der Waals surface area contributed by atoms with Crippen LogP contribution in [0.25, 0.3) is 0 Å². The van der Waals surface area contributed by atoms with Gasteiger partial charge < -0.3 is 34.6 Å². The maximum Gasteiger partial charge on any atom is 0.270 e. The third-order valence-corrected chi connectivity index (χ3v) is 26.5. The molecule has 1 unspecified atom stereocenters. The molecule has 6 N–H and O–H groups in total. The first-order chi connectivity index (χ1) is 57.8. The van der Waals surface area contributed by atoms with Crippen molar-refractivity contribution in [3.8, 4) is 11.6 Å². The number of anilines is 1. The van der Waals surface area contributed by atoms with Crippen molar-refractivity contribution in [1.82, 2.24) is 64.7 Å². The van der Waals surface area contributed by atoms with E-state index in [0.717, 1.165) is 71.4 Å². The van der Waals surface area contributed by atoms with Gasteiger partial charge in [0, 0.05) is 195 Å². The minimum absolute atomic E-state index is 0.0502. The number of likely N-dealkylation sites (N-methyl/N-ethyl adjacent to an activating group) is 1. The van der Waals surface area contributed by atoms with Crippen LogP contribution in [-0.2, 0) is 55.2 Å². The average molecular weight is 1970 g/mol. The number of aromatic hydroxyl groups is 1. The number of thioether (sulfide) groups is 4. The number of non-ortho nitro benzene ring substituents is 1. The lowest BCUT2D eigenvalue weighted by atomic mass is 10.1. The highest BCUT2D eigenvalue weighted by Gasteiger charge is 2.24. The molecule has 1 aliphatic heterocycles. The van der Waals surface area contributed by atoms with Crippen LogP contribution in [0.2, 0.25) is 50.2 Å². The first kappa shape index (κ1) is 99.4. The van der Waals surface area contributed by atoms with E-state index in [9.17, 15) is 51.8 Å². The Labute approximate surface area is 769 Å². The van der Waals surface area contributed by atoms with Gasteiger partial charge in [0.1, 0.15) is 5.75 Å². The van der Waals surface area contributed by atoms with Crippen LogP contribution in [0.1, 0.15) is 74.5 Å². The van der Waals surface area contributed by atoms with E-state index in [1.807, 2.05) is 26.0 Å². The van der Waals surface area contributed by atoms with Gasteiger partial charge in [-0.15, -0.1) is 0 Å². The van der Waals surface area contributed by atoms with Gasteiger partial charge in [0.05, 0.1) is 49.4 Å². The summed E-state index contributed by atoms with van der Waals surface area (Å²) in [5.41, 5.74) is 7.72. The van der Waals surface area contributed by atoms with Gasteiger partial charge in [0.15, 0.2) is 25.8 Å². The lowest BCUT2D eigenvalue weighted by Gasteiger charge is -2.36. The third-order valence-electron chi connectivity index (χ3n) is 16.6.